The second-order valence-corrected chi connectivity index (χ2v) is 5.05. The second-order valence-electron chi connectivity index (χ2n) is 5.05. The molecular weight excluding hydrogens is 311 g/mol. The predicted molar refractivity (Wildman–Crippen MR) is 86.9 cm³/mol. The number of hydrogen-bond acceptors (Lipinski definition) is 5. The Labute approximate surface area is 137 Å². The summed E-state index contributed by atoms with van der Waals surface area (Å²) < 4.78 is 15.1. The summed E-state index contributed by atoms with van der Waals surface area (Å²) in [6, 6.07) is 13.6. The van der Waals surface area contributed by atoms with Gasteiger partial charge in [-0.15, -0.1) is 5.10 Å². The Morgan fingerprint density at radius 2 is 1.83 bits per heavy atom. The zero-order valence-electron chi connectivity index (χ0n) is 12.7. The number of tetrazole rings is 1. The highest BCUT2D eigenvalue weighted by Crippen LogP contribution is 2.16. The molecule has 1 amide bonds. The SMILES string of the molecule is O=C(CNc1ccccc1F)Nc1ccccc1Cn1cnnn1. The average Bonchev–Trinajstić information content (AvgIpc) is 3.09. The molecule has 0 fully saturated rings. The van der Waals surface area contributed by atoms with Crippen molar-refractivity contribution in [1.82, 2.24) is 20.2 Å². The summed E-state index contributed by atoms with van der Waals surface area (Å²) in [5.74, 6) is -0.674. The maximum Gasteiger partial charge on any atom is 0.243 e. The molecule has 0 spiro atoms. The lowest BCUT2D eigenvalue weighted by atomic mass is 10.1. The lowest BCUT2D eigenvalue weighted by molar-refractivity contribution is -0.114. The van der Waals surface area contributed by atoms with E-state index in [0.29, 0.717) is 12.2 Å². The van der Waals surface area contributed by atoms with Crippen LogP contribution in [0.4, 0.5) is 15.8 Å². The lowest BCUT2D eigenvalue weighted by Gasteiger charge is -2.12. The maximum atomic E-state index is 13.5. The largest absolute Gasteiger partial charge is 0.374 e. The van der Waals surface area contributed by atoms with Crippen molar-refractivity contribution in [1.29, 1.82) is 0 Å². The zero-order chi connectivity index (χ0) is 16.8. The summed E-state index contributed by atoms with van der Waals surface area (Å²) in [5.41, 5.74) is 1.81. The lowest BCUT2D eigenvalue weighted by Crippen LogP contribution is -2.23. The van der Waals surface area contributed by atoms with Gasteiger partial charge in [0.05, 0.1) is 18.8 Å². The first-order valence-corrected chi connectivity index (χ1v) is 7.29. The fraction of sp³-hybridized carbons (Fsp3) is 0.125. The summed E-state index contributed by atoms with van der Waals surface area (Å²) in [7, 11) is 0. The van der Waals surface area contributed by atoms with Crippen LogP contribution in [0.2, 0.25) is 0 Å². The van der Waals surface area contributed by atoms with E-state index in [9.17, 15) is 9.18 Å². The number of anilines is 2. The molecule has 122 valence electrons. The van der Waals surface area contributed by atoms with Crippen LogP contribution in [0.5, 0.6) is 0 Å². The molecule has 2 N–H and O–H groups in total. The standard InChI is InChI=1S/C16H15FN6O/c17-13-6-2-4-8-15(13)18-9-16(24)20-14-7-3-1-5-12(14)10-23-11-19-21-22-23/h1-8,11,18H,9-10H2,(H,20,24). The summed E-state index contributed by atoms with van der Waals surface area (Å²) >= 11 is 0. The molecule has 24 heavy (non-hydrogen) atoms. The van der Waals surface area contributed by atoms with Gasteiger partial charge in [0.15, 0.2) is 0 Å². The second kappa shape index (κ2) is 7.32. The fourth-order valence-corrected chi connectivity index (χ4v) is 2.18. The van der Waals surface area contributed by atoms with Gasteiger partial charge < -0.3 is 10.6 Å². The van der Waals surface area contributed by atoms with E-state index in [2.05, 4.69) is 26.2 Å². The molecule has 7 nitrogen and oxygen atoms in total. The molecule has 0 aliphatic heterocycles. The van der Waals surface area contributed by atoms with Gasteiger partial charge in [0, 0.05) is 5.69 Å². The van der Waals surface area contributed by atoms with Gasteiger partial charge in [-0.05, 0) is 34.2 Å². The van der Waals surface area contributed by atoms with Crippen molar-refractivity contribution < 1.29 is 9.18 Å². The van der Waals surface area contributed by atoms with E-state index < -0.39 is 5.82 Å². The average molecular weight is 326 g/mol. The van der Waals surface area contributed by atoms with Crippen molar-refractivity contribution in [3.05, 3.63) is 66.2 Å². The number of nitrogens with one attached hydrogen (secondary N) is 2. The van der Waals surface area contributed by atoms with Crippen LogP contribution < -0.4 is 10.6 Å². The van der Waals surface area contributed by atoms with Gasteiger partial charge in [0.25, 0.3) is 0 Å². The number of nitrogens with zero attached hydrogens (tertiary/aromatic N) is 4. The van der Waals surface area contributed by atoms with Gasteiger partial charge in [0.1, 0.15) is 12.1 Å². The van der Waals surface area contributed by atoms with Crippen LogP contribution in [-0.4, -0.2) is 32.7 Å². The van der Waals surface area contributed by atoms with Crippen molar-refractivity contribution >= 4 is 17.3 Å². The predicted octanol–water partition coefficient (Wildman–Crippen LogP) is 1.91. The summed E-state index contributed by atoms with van der Waals surface area (Å²) in [6.45, 7) is 0.393. The molecule has 0 saturated carbocycles. The Bertz CT molecular complexity index is 821. The smallest absolute Gasteiger partial charge is 0.243 e. The molecule has 0 unspecified atom stereocenters. The molecule has 0 saturated heterocycles. The number of hydrogen-bond donors (Lipinski definition) is 2. The summed E-state index contributed by atoms with van der Waals surface area (Å²) in [5, 5.41) is 16.5. The highest BCUT2D eigenvalue weighted by atomic mass is 19.1. The third kappa shape index (κ3) is 3.92. The van der Waals surface area contributed by atoms with Gasteiger partial charge in [0.2, 0.25) is 5.91 Å². The van der Waals surface area contributed by atoms with Crippen LogP contribution >= 0.6 is 0 Å². The van der Waals surface area contributed by atoms with Gasteiger partial charge in [-0.25, -0.2) is 9.07 Å². The van der Waals surface area contributed by atoms with Gasteiger partial charge >= 0.3 is 0 Å². The van der Waals surface area contributed by atoms with Crippen molar-refractivity contribution in [2.75, 3.05) is 17.2 Å². The van der Waals surface area contributed by atoms with Crippen LogP contribution in [0.25, 0.3) is 0 Å². The minimum absolute atomic E-state index is 0.0415. The third-order valence-corrected chi connectivity index (χ3v) is 3.33. The number of rotatable bonds is 6. The number of aromatic nitrogens is 4. The first kappa shape index (κ1) is 15.6. The fourth-order valence-electron chi connectivity index (χ4n) is 2.18. The number of amides is 1. The van der Waals surface area contributed by atoms with Gasteiger partial charge in [-0.2, -0.15) is 0 Å². The minimum atomic E-state index is -0.399. The summed E-state index contributed by atoms with van der Waals surface area (Å²) in [6.07, 6.45) is 1.50. The Morgan fingerprint density at radius 3 is 2.58 bits per heavy atom. The quantitative estimate of drug-likeness (QED) is 0.723. The van der Waals surface area contributed by atoms with Crippen LogP contribution in [-0.2, 0) is 11.3 Å². The number of benzene rings is 2. The van der Waals surface area contributed by atoms with E-state index in [4.69, 9.17) is 0 Å². The molecule has 0 aliphatic rings. The third-order valence-electron chi connectivity index (χ3n) is 3.33. The highest BCUT2D eigenvalue weighted by Gasteiger charge is 2.08. The van der Waals surface area contributed by atoms with E-state index in [1.165, 1.54) is 12.4 Å². The molecule has 0 bridgehead atoms. The van der Waals surface area contributed by atoms with E-state index >= 15 is 0 Å². The van der Waals surface area contributed by atoms with Gasteiger partial charge in [-0.3, -0.25) is 4.79 Å². The van der Waals surface area contributed by atoms with Crippen LogP contribution in [0.15, 0.2) is 54.9 Å². The molecule has 2 aromatic carbocycles. The van der Waals surface area contributed by atoms with E-state index in [0.717, 1.165) is 5.56 Å². The van der Waals surface area contributed by atoms with Crippen LogP contribution in [0, 0.1) is 5.82 Å². The summed E-state index contributed by atoms with van der Waals surface area (Å²) in [4.78, 5) is 12.1. The molecular formula is C16H15FN6O. The molecule has 0 radical (unpaired) electrons. The number of carbonyl (C=O) groups is 1. The monoisotopic (exact) mass is 326 g/mol. The Kier molecular flexibility index (Phi) is 4.76. The number of halogens is 1. The topological polar surface area (TPSA) is 84.7 Å². The van der Waals surface area contributed by atoms with Crippen LogP contribution in [0.3, 0.4) is 0 Å². The van der Waals surface area contributed by atoms with E-state index in [1.54, 1.807) is 28.9 Å². The zero-order valence-corrected chi connectivity index (χ0v) is 12.7. The number of carbonyl (C=O) groups excluding carboxylic acids is 1. The normalized spacial score (nSPS) is 10.4. The minimum Gasteiger partial charge on any atom is -0.374 e. The van der Waals surface area contributed by atoms with E-state index in [1.807, 2.05) is 18.2 Å². The molecule has 3 rings (SSSR count). The molecule has 1 heterocycles. The van der Waals surface area contributed by atoms with Crippen molar-refractivity contribution in [3.8, 4) is 0 Å². The van der Waals surface area contributed by atoms with Crippen molar-refractivity contribution in [2.24, 2.45) is 0 Å². The first-order valence-electron chi connectivity index (χ1n) is 7.29. The molecule has 3 aromatic rings. The van der Waals surface area contributed by atoms with Crippen molar-refractivity contribution in [2.45, 2.75) is 6.54 Å². The van der Waals surface area contributed by atoms with Crippen LogP contribution in [0.1, 0.15) is 5.56 Å². The molecule has 1 aromatic heterocycles. The molecule has 0 atom stereocenters. The Hall–Kier alpha value is -3.29. The first-order chi connectivity index (χ1) is 11.7. The highest BCUT2D eigenvalue weighted by molar-refractivity contribution is 5.94. The van der Waals surface area contributed by atoms with Crippen molar-refractivity contribution in [3.63, 3.8) is 0 Å². The Balaban J connectivity index is 1.63. The van der Waals surface area contributed by atoms with Gasteiger partial charge in [-0.1, -0.05) is 30.3 Å². The Morgan fingerprint density at radius 1 is 1.08 bits per heavy atom. The number of para-hydroxylation sites is 2. The maximum absolute atomic E-state index is 13.5. The molecule has 0 aliphatic carbocycles. The van der Waals surface area contributed by atoms with E-state index in [-0.39, 0.29) is 18.1 Å². The molecule has 8 heteroatoms.